The minimum absolute atomic E-state index is 0.0528. The first kappa shape index (κ1) is 23.8. The molecule has 0 aliphatic rings. The molecule has 0 radical (unpaired) electrons. The van der Waals surface area contributed by atoms with Crippen LogP contribution in [0.4, 0.5) is 26.7 Å². The number of hydrogen-bond donors (Lipinski definition) is 1. The molecule has 12 heteroatoms. The van der Waals surface area contributed by atoms with Crippen LogP contribution in [0.25, 0.3) is 0 Å². The van der Waals surface area contributed by atoms with E-state index in [1.807, 2.05) is 0 Å². The van der Waals surface area contributed by atoms with Crippen LogP contribution in [0, 0.1) is 0 Å². The van der Waals surface area contributed by atoms with Crippen molar-refractivity contribution in [3.05, 3.63) is 52.5 Å². The number of carbonyl (C=O) groups is 1. The third kappa shape index (κ3) is 6.53. The van der Waals surface area contributed by atoms with Crippen molar-refractivity contribution in [2.24, 2.45) is 0 Å². The highest BCUT2D eigenvalue weighted by Gasteiger charge is 2.58. The molecule has 1 amide bonds. The lowest BCUT2D eigenvalue weighted by Crippen LogP contribution is -2.49. The van der Waals surface area contributed by atoms with Gasteiger partial charge in [0.05, 0.1) is 18.1 Å². The highest BCUT2D eigenvalue weighted by molar-refractivity contribution is 6.32. The minimum Gasteiger partial charge on any atom is -0.490 e. The topological polar surface area (TPSA) is 59.0 Å². The Hall–Kier alpha value is -2.46. The first-order chi connectivity index (χ1) is 13.9. The number of hydrogen-bond acceptors (Lipinski definition) is 3. The summed E-state index contributed by atoms with van der Waals surface area (Å²) < 4.78 is 73.8. The summed E-state index contributed by atoms with van der Waals surface area (Å²) in [6.45, 7) is -3.29. The summed E-state index contributed by atoms with van der Waals surface area (Å²) in [6.07, 6.45) is -7.82. The van der Waals surface area contributed by atoms with Crippen molar-refractivity contribution in [1.82, 2.24) is 4.90 Å². The molecule has 0 saturated carbocycles. The molecule has 0 heterocycles. The quantitative estimate of drug-likeness (QED) is 0.454. The molecule has 0 aromatic heterocycles. The van der Waals surface area contributed by atoms with Gasteiger partial charge in [-0.3, -0.25) is 4.90 Å². The van der Waals surface area contributed by atoms with Gasteiger partial charge in [-0.2, -0.15) is 22.0 Å². The molecule has 0 spiro atoms. The zero-order chi connectivity index (χ0) is 22.5. The van der Waals surface area contributed by atoms with Crippen LogP contribution >= 0.6 is 23.2 Å². The summed E-state index contributed by atoms with van der Waals surface area (Å²) in [6, 6.07) is 10.8. The molecule has 0 unspecified atom stereocenters. The summed E-state index contributed by atoms with van der Waals surface area (Å²) in [7, 11) is 0. The van der Waals surface area contributed by atoms with Gasteiger partial charge in [0.1, 0.15) is 23.9 Å². The fourth-order valence-corrected chi connectivity index (χ4v) is 2.57. The van der Waals surface area contributed by atoms with E-state index in [9.17, 15) is 26.7 Å². The molecule has 0 saturated heterocycles. The largest absolute Gasteiger partial charge is 0.490 e. The molecular formula is C18H14Cl2F5NO4. The molecule has 0 aliphatic carbocycles. The molecule has 2 aromatic carbocycles. The first-order valence-corrected chi connectivity index (χ1v) is 8.93. The van der Waals surface area contributed by atoms with Gasteiger partial charge >= 0.3 is 18.2 Å². The number of ether oxygens (including phenoxy) is 2. The normalized spacial score (nSPS) is 11.8. The molecule has 0 bridgehead atoms. The number of carboxylic acid groups (broad SMARTS) is 1. The Morgan fingerprint density at radius 2 is 1.70 bits per heavy atom. The van der Waals surface area contributed by atoms with E-state index in [0.29, 0.717) is 16.5 Å². The van der Waals surface area contributed by atoms with Crippen molar-refractivity contribution in [3.8, 4) is 17.2 Å². The fraction of sp³-hybridized carbons (Fsp3) is 0.278. The Kier molecular flexibility index (Phi) is 7.59. The maximum atomic E-state index is 13.1. The molecule has 2 rings (SSSR count). The third-order valence-corrected chi connectivity index (χ3v) is 4.16. The zero-order valence-corrected chi connectivity index (χ0v) is 16.4. The predicted octanol–water partition coefficient (Wildman–Crippen LogP) is 6.34. The van der Waals surface area contributed by atoms with Crippen molar-refractivity contribution in [2.75, 3.05) is 19.7 Å². The summed E-state index contributed by atoms with van der Waals surface area (Å²) in [5.41, 5.74) is 0. The van der Waals surface area contributed by atoms with Gasteiger partial charge in [0, 0.05) is 11.1 Å². The van der Waals surface area contributed by atoms with Crippen molar-refractivity contribution in [2.45, 2.75) is 12.1 Å². The van der Waals surface area contributed by atoms with Gasteiger partial charge in [-0.05, 0) is 30.3 Å². The lowest BCUT2D eigenvalue weighted by Gasteiger charge is -2.26. The molecule has 2 aromatic rings. The average molecular weight is 474 g/mol. The second kappa shape index (κ2) is 9.57. The van der Waals surface area contributed by atoms with Crippen LogP contribution in [0.2, 0.25) is 10.0 Å². The fourth-order valence-electron chi connectivity index (χ4n) is 2.17. The van der Waals surface area contributed by atoms with Crippen LogP contribution in [-0.2, 0) is 0 Å². The minimum atomic E-state index is -5.87. The van der Waals surface area contributed by atoms with Crippen LogP contribution in [0.1, 0.15) is 0 Å². The molecule has 1 N–H and O–H groups in total. The number of benzene rings is 2. The standard InChI is InChI=1S/C18H14Cl2F5NO4/c19-11-2-1-3-12(8-11)30-13-4-5-15(14(20)9-13)29-7-6-26(16(27)28)10-17(21,22)18(23,24)25/h1-5,8-9H,6-7,10H2,(H,27,28). The molecule has 0 aliphatic heterocycles. The molecular weight excluding hydrogens is 460 g/mol. The predicted molar refractivity (Wildman–Crippen MR) is 99.1 cm³/mol. The monoisotopic (exact) mass is 473 g/mol. The second-order valence-electron chi connectivity index (χ2n) is 5.91. The second-order valence-corrected chi connectivity index (χ2v) is 6.75. The van der Waals surface area contributed by atoms with E-state index in [-0.39, 0.29) is 15.7 Å². The average Bonchev–Trinajstić information content (AvgIpc) is 2.61. The molecule has 5 nitrogen and oxygen atoms in total. The molecule has 0 fully saturated rings. The Balaban J connectivity index is 1.97. The summed E-state index contributed by atoms with van der Waals surface area (Å²) >= 11 is 11.9. The number of halogens is 7. The van der Waals surface area contributed by atoms with Gasteiger partial charge in [0.25, 0.3) is 0 Å². The Morgan fingerprint density at radius 3 is 2.27 bits per heavy atom. The van der Waals surface area contributed by atoms with Crippen LogP contribution in [-0.4, -0.2) is 47.9 Å². The van der Waals surface area contributed by atoms with Crippen molar-refractivity contribution >= 4 is 29.3 Å². The van der Waals surface area contributed by atoms with E-state index in [1.54, 1.807) is 24.3 Å². The van der Waals surface area contributed by atoms with E-state index < -0.39 is 37.9 Å². The zero-order valence-electron chi connectivity index (χ0n) is 14.9. The van der Waals surface area contributed by atoms with Crippen molar-refractivity contribution < 1.29 is 41.3 Å². The number of nitrogens with zero attached hydrogens (tertiary/aromatic N) is 1. The van der Waals surface area contributed by atoms with Gasteiger partial charge in [0.2, 0.25) is 0 Å². The van der Waals surface area contributed by atoms with Gasteiger partial charge in [0.15, 0.2) is 0 Å². The molecule has 164 valence electrons. The maximum Gasteiger partial charge on any atom is 0.455 e. The van der Waals surface area contributed by atoms with Gasteiger partial charge in [-0.1, -0.05) is 29.3 Å². The number of amides is 1. The Bertz CT molecular complexity index is 895. The van der Waals surface area contributed by atoms with Crippen molar-refractivity contribution in [3.63, 3.8) is 0 Å². The van der Waals surface area contributed by atoms with Crippen LogP contribution < -0.4 is 9.47 Å². The summed E-state index contributed by atoms with van der Waals surface area (Å²) in [5.74, 6) is -4.37. The van der Waals surface area contributed by atoms with Gasteiger partial charge in [-0.15, -0.1) is 0 Å². The summed E-state index contributed by atoms with van der Waals surface area (Å²) in [4.78, 5) is 10.9. The van der Waals surface area contributed by atoms with E-state index >= 15 is 0 Å². The highest BCUT2D eigenvalue weighted by Crippen LogP contribution is 2.36. The lowest BCUT2D eigenvalue weighted by atomic mass is 10.3. The Morgan fingerprint density at radius 1 is 1.03 bits per heavy atom. The van der Waals surface area contributed by atoms with E-state index in [1.165, 1.54) is 18.2 Å². The smallest absolute Gasteiger partial charge is 0.455 e. The summed E-state index contributed by atoms with van der Waals surface area (Å²) in [5, 5.41) is 9.38. The number of alkyl halides is 5. The SMILES string of the molecule is O=C(O)N(CCOc1ccc(Oc2cccc(Cl)c2)cc1Cl)CC(F)(F)C(F)(F)F. The van der Waals surface area contributed by atoms with E-state index in [0.717, 1.165) is 0 Å². The lowest BCUT2D eigenvalue weighted by molar-refractivity contribution is -0.284. The highest BCUT2D eigenvalue weighted by atomic mass is 35.5. The van der Waals surface area contributed by atoms with Gasteiger partial charge < -0.3 is 14.6 Å². The number of rotatable bonds is 8. The maximum absolute atomic E-state index is 13.1. The first-order valence-electron chi connectivity index (χ1n) is 8.17. The van der Waals surface area contributed by atoms with E-state index in [4.69, 9.17) is 37.8 Å². The van der Waals surface area contributed by atoms with E-state index in [2.05, 4.69) is 0 Å². The molecule has 30 heavy (non-hydrogen) atoms. The Labute approximate surface area is 177 Å². The third-order valence-electron chi connectivity index (χ3n) is 3.63. The molecule has 0 atom stereocenters. The van der Waals surface area contributed by atoms with Gasteiger partial charge in [-0.25, -0.2) is 4.79 Å². The van der Waals surface area contributed by atoms with Crippen LogP contribution in [0.3, 0.4) is 0 Å². The van der Waals surface area contributed by atoms with Crippen molar-refractivity contribution in [1.29, 1.82) is 0 Å². The van der Waals surface area contributed by atoms with Crippen LogP contribution in [0.15, 0.2) is 42.5 Å². The van der Waals surface area contributed by atoms with Crippen LogP contribution in [0.5, 0.6) is 17.2 Å².